The summed E-state index contributed by atoms with van der Waals surface area (Å²) in [6.07, 6.45) is 3.18. The third-order valence-corrected chi connectivity index (χ3v) is 1.72. The number of ether oxygens (including phenoxy) is 1. The molecular weight excluding hydrogens is 144 g/mol. The maximum absolute atomic E-state index is 10.4. The van der Waals surface area contributed by atoms with Crippen molar-refractivity contribution >= 4 is 5.97 Å². The van der Waals surface area contributed by atoms with Crippen LogP contribution in [0, 0.1) is 0 Å². The number of aliphatic hydroxyl groups excluding tert-OH is 1. The standard InChI is InChI=1S/C8H12O3/c1-6(9)11-5-7-3-2-4-8(7)10/h3,8,10H,2,4-5H2,1H3. The number of esters is 1. The number of carbonyl (C=O) groups excluding carboxylic acids is 1. The molecule has 0 saturated heterocycles. The molecule has 62 valence electrons. The average Bonchev–Trinajstić information content (AvgIpc) is 2.31. The molecule has 0 heterocycles. The van der Waals surface area contributed by atoms with Crippen molar-refractivity contribution in [3.8, 4) is 0 Å². The van der Waals surface area contributed by atoms with Crippen molar-refractivity contribution in [3.05, 3.63) is 11.6 Å². The normalized spacial score (nSPS) is 23.1. The van der Waals surface area contributed by atoms with E-state index in [1.165, 1.54) is 6.92 Å². The SMILES string of the molecule is CC(=O)OCC1=CCCC1O. The van der Waals surface area contributed by atoms with Crippen LogP contribution in [-0.4, -0.2) is 23.8 Å². The van der Waals surface area contributed by atoms with E-state index in [4.69, 9.17) is 4.74 Å². The Morgan fingerprint density at radius 2 is 2.64 bits per heavy atom. The number of carbonyl (C=O) groups is 1. The second-order valence-electron chi connectivity index (χ2n) is 2.65. The summed E-state index contributed by atoms with van der Waals surface area (Å²) in [6.45, 7) is 1.61. The minimum Gasteiger partial charge on any atom is -0.461 e. The maximum Gasteiger partial charge on any atom is 0.302 e. The van der Waals surface area contributed by atoms with E-state index in [9.17, 15) is 9.90 Å². The summed E-state index contributed by atoms with van der Waals surface area (Å²) in [6, 6.07) is 0. The van der Waals surface area contributed by atoms with Gasteiger partial charge in [0.25, 0.3) is 0 Å². The Balaban J connectivity index is 2.31. The Bertz CT molecular complexity index is 184. The maximum atomic E-state index is 10.4. The van der Waals surface area contributed by atoms with Crippen molar-refractivity contribution in [1.82, 2.24) is 0 Å². The molecule has 11 heavy (non-hydrogen) atoms. The highest BCUT2D eigenvalue weighted by atomic mass is 16.5. The number of hydrogen-bond donors (Lipinski definition) is 1. The first kappa shape index (κ1) is 8.27. The lowest BCUT2D eigenvalue weighted by atomic mass is 10.2. The van der Waals surface area contributed by atoms with Crippen molar-refractivity contribution in [2.24, 2.45) is 0 Å². The third-order valence-electron chi connectivity index (χ3n) is 1.72. The van der Waals surface area contributed by atoms with Crippen LogP contribution in [0.25, 0.3) is 0 Å². The molecule has 0 spiro atoms. The first-order valence-electron chi connectivity index (χ1n) is 3.70. The second kappa shape index (κ2) is 3.53. The fraction of sp³-hybridized carbons (Fsp3) is 0.625. The molecule has 1 rings (SSSR count). The van der Waals surface area contributed by atoms with Crippen LogP contribution in [0.4, 0.5) is 0 Å². The molecule has 0 saturated carbocycles. The molecule has 0 aromatic heterocycles. The van der Waals surface area contributed by atoms with E-state index in [0.717, 1.165) is 18.4 Å². The molecule has 0 radical (unpaired) electrons. The Kier molecular flexibility index (Phi) is 2.65. The summed E-state index contributed by atoms with van der Waals surface area (Å²) >= 11 is 0. The minimum absolute atomic E-state index is 0.247. The van der Waals surface area contributed by atoms with Crippen LogP contribution in [0.15, 0.2) is 11.6 Å². The zero-order valence-corrected chi connectivity index (χ0v) is 6.54. The number of allylic oxidation sites excluding steroid dienone is 1. The molecule has 0 aromatic rings. The van der Waals surface area contributed by atoms with E-state index in [1.54, 1.807) is 0 Å². The summed E-state index contributed by atoms with van der Waals surface area (Å²) in [5, 5.41) is 9.24. The summed E-state index contributed by atoms with van der Waals surface area (Å²) in [4.78, 5) is 10.4. The molecule has 1 aliphatic rings. The molecule has 0 fully saturated rings. The first-order chi connectivity index (χ1) is 5.20. The highest BCUT2D eigenvalue weighted by molar-refractivity contribution is 5.66. The van der Waals surface area contributed by atoms with Crippen LogP contribution >= 0.6 is 0 Å². The van der Waals surface area contributed by atoms with Gasteiger partial charge in [0.1, 0.15) is 6.61 Å². The zero-order valence-electron chi connectivity index (χ0n) is 6.54. The number of rotatable bonds is 2. The van der Waals surface area contributed by atoms with Gasteiger partial charge in [-0.05, 0) is 18.4 Å². The minimum atomic E-state index is -0.394. The van der Waals surface area contributed by atoms with Gasteiger partial charge >= 0.3 is 5.97 Å². The summed E-state index contributed by atoms with van der Waals surface area (Å²) < 4.78 is 4.73. The topological polar surface area (TPSA) is 46.5 Å². The number of aliphatic hydroxyl groups is 1. The lowest BCUT2D eigenvalue weighted by molar-refractivity contribution is -0.140. The van der Waals surface area contributed by atoms with Crippen molar-refractivity contribution in [2.45, 2.75) is 25.9 Å². The van der Waals surface area contributed by atoms with E-state index in [1.807, 2.05) is 6.08 Å². The van der Waals surface area contributed by atoms with E-state index < -0.39 is 6.10 Å². The molecule has 1 aliphatic carbocycles. The van der Waals surface area contributed by atoms with Crippen molar-refractivity contribution in [2.75, 3.05) is 6.61 Å². The van der Waals surface area contributed by atoms with Gasteiger partial charge < -0.3 is 9.84 Å². The second-order valence-corrected chi connectivity index (χ2v) is 2.65. The van der Waals surface area contributed by atoms with Crippen LogP contribution in [-0.2, 0) is 9.53 Å². The lowest BCUT2D eigenvalue weighted by Crippen LogP contribution is -2.12. The van der Waals surface area contributed by atoms with Crippen molar-refractivity contribution < 1.29 is 14.6 Å². The van der Waals surface area contributed by atoms with Gasteiger partial charge in [0, 0.05) is 6.92 Å². The molecular formula is C8H12O3. The Morgan fingerprint density at radius 3 is 3.09 bits per heavy atom. The Labute approximate surface area is 65.7 Å². The van der Waals surface area contributed by atoms with Crippen LogP contribution in [0.1, 0.15) is 19.8 Å². The van der Waals surface area contributed by atoms with Crippen LogP contribution in [0.3, 0.4) is 0 Å². The van der Waals surface area contributed by atoms with Gasteiger partial charge in [0.05, 0.1) is 6.10 Å². The smallest absolute Gasteiger partial charge is 0.302 e. The van der Waals surface area contributed by atoms with Gasteiger partial charge in [-0.2, -0.15) is 0 Å². The van der Waals surface area contributed by atoms with Gasteiger partial charge in [-0.1, -0.05) is 6.08 Å². The van der Waals surface area contributed by atoms with Crippen LogP contribution in [0.5, 0.6) is 0 Å². The predicted molar refractivity (Wildman–Crippen MR) is 40.0 cm³/mol. The van der Waals surface area contributed by atoms with E-state index in [0.29, 0.717) is 0 Å². The zero-order chi connectivity index (χ0) is 8.27. The van der Waals surface area contributed by atoms with Gasteiger partial charge in [-0.15, -0.1) is 0 Å². The fourth-order valence-electron chi connectivity index (χ4n) is 1.09. The van der Waals surface area contributed by atoms with Gasteiger partial charge in [-0.3, -0.25) is 4.79 Å². The molecule has 0 bridgehead atoms. The highest BCUT2D eigenvalue weighted by Crippen LogP contribution is 2.18. The highest BCUT2D eigenvalue weighted by Gasteiger charge is 2.16. The summed E-state index contributed by atoms with van der Waals surface area (Å²) in [5.74, 6) is -0.301. The monoisotopic (exact) mass is 156 g/mol. The largest absolute Gasteiger partial charge is 0.461 e. The van der Waals surface area contributed by atoms with E-state index in [2.05, 4.69) is 0 Å². The molecule has 0 aliphatic heterocycles. The van der Waals surface area contributed by atoms with E-state index in [-0.39, 0.29) is 12.6 Å². The van der Waals surface area contributed by atoms with Gasteiger partial charge in [0.15, 0.2) is 0 Å². The molecule has 0 amide bonds. The summed E-state index contributed by atoms with van der Waals surface area (Å²) in [7, 11) is 0. The van der Waals surface area contributed by atoms with Crippen LogP contribution < -0.4 is 0 Å². The lowest BCUT2D eigenvalue weighted by Gasteiger charge is -2.07. The van der Waals surface area contributed by atoms with Crippen LogP contribution in [0.2, 0.25) is 0 Å². The van der Waals surface area contributed by atoms with Gasteiger partial charge in [-0.25, -0.2) is 0 Å². The Hall–Kier alpha value is -0.830. The van der Waals surface area contributed by atoms with Gasteiger partial charge in [0.2, 0.25) is 0 Å². The Morgan fingerprint density at radius 1 is 1.91 bits per heavy atom. The van der Waals surface area contributed by atoms with Crippen molar-refractivity contribution in [3.63, 3.8) is 0 Å². The summed E-state index contributed by atoms with van der Waals surface area (Å²) in [5.41, 5.74) is 0.834. The molecule has 3 nitrogen and oxygen atoms in total. The molecule has 0 aromatic carbocycles. The molecule has 1 atom stereocenters. The molecule has 1 N–H and O–H groups in total. The fourth-order valence-corrected chi connectivity index (χ4v) is 1.09. The average molecular weight is 156 g/mol. The first-order valence-corrected chi connectivity index (χ1v) is 3.70. The van der Waals surface area contributed by atoms with Crippen molar-refractivity contribution in [1.29, 1.82) is 0 Å². The molecule has 1 unspecified atom stereocenters. The third kappa shape index (κ3) is 2.35. The predicted octanol–water partition coefficient (Wildman–Crippen LogP) is 0.631. The quantitative estimate of drug-likeness (QED) is 0.471. The van der Waals surface area contributed by atoms with E-state index >= 15 is 0 Å². The number of hydrogen-bond acceptors (Lipinski definition) is 3. The molecule has 3 heteroatoms.